The highest BCUT2D eigenvalue weighted by atomic mass is 19.1. The number of aliphatic hydroxyl groups excluding tert-OH is 1. The van der Waals surface area contributed by atoms with Gasteiger partial charge >= 0.3 is 0 Å². The van der Waals surface area contributed by atoms with Crippen LogP contribution >= 0.6 is 0 Å². The number of aromatic nitrogens is 2. The predicted molar refractivity (Wildman–Crippen MR) is 132 cm³/mol. The van der Waals surface area contributed by atoms with Gasteiger partial charge in [0.1, 0.15) is 11.8 Å². The molecule has 8 heteroatoms. The van der Waals surface area contributed by atoms with Crippen LogP contribution in [0.1, 0.15) is 53.7 Å². The van der Waals surface area contributed by atoms with Gasteiger partial charge in [0.15, 0.2) is 0 Å². The number of amides is 1. The first kappa shape index (κ1) is 23.4. The second-order valence-electron chi connectivity index (χ2n) is 9.69. The number of ether oxygens (including phenoxy) is 1. The molecule has 35 heavy (non-hydrogen) atoms. The Bertz CT molecular complexity index is 1270. The van der Waals surface area contributed by atoms with Gasteiger partial charge in [-0.15, -0.1) is 0 Å². The Morgan fingerprint density at radius 3 is 2.86 bits per heavy atom. The van der Waals surface area contributed by atoms with E-state index in [1.165, 1.54) is 26.1 Å². The summed E-state index contributed by atoms with van der Waals surface area (Å²) in [5.41, 5.74) is 4.02. The summed E-state index contributed by atoms with van der Waals surface area (Å²) < 4.78 is 19.9. The number of nitrogens with one attached hydrogen (secondary N) is 1. The number of hydrogen-bond donors (Lipinski definition) is 2. The number of carbonyl (C=O) groups excluding carboxylic acids is 1. The molecule has 1 fully saturated rings. The Morgan fingerprint density at radius 2 is 2.06 bits per heavy atom. The molecule has 0 unspecified atom stereocenters. The molecule has 1 saturated heterocycles. The zero-order valence-corrected chi connectivity index (χ0v) is 20.1. The molecular weight excluding hydrogens is 447 g/mol. The molecule has 182 valence electrons. The number of benzene rings is 1. The number of hydrogen-bond acceptors (Lipinski definition) is 6. The van der Waals surface area contributed by atoms with Gasteiger partial charge in [-0.1, -0.05) is 6.07 Å². The quantitative estimate of drug-likeness (QED) is 0.575. The van der Waals surface area contributed by atoms with Gasteiger partial charge in [-0.25, -0.2) is 4.39 Å². The van der Waals surface area contributed by atoms with Crippen LogP contribution < -0.4 is 10.2 Å². The molecule has 1 amide bonds. The maximum Gasteiger partial charge on any atom is 0.255 e. The number of carbonyl (C=O) groups is 1. The van der Waals surface area contributed by atoms with Gasteiger partial charge in [-0.3, -0.25) is 14.8 Å². The fourth-order valence-electron chi connectivity index (χ4n) is 4.75. The van der Waals surface area contributed by atoms with Crippen LogP contribution in [-0.4, -0.2) is 46.8 Å². The number of pyridine rings is 2. The van der Waals surface area contributed by atoms with Gasteiger partial charge in [0.25, 0.3) is 5.91 Å². The fourth-order valence-corrected chi connectivity index (χ4v) is 4.75. The third kappa shape index (κ3) is 4.63. The monoisotopic (exact) mass is 476 g/mol. The highest BCUT2D eigenvalue weighted by Crippen LogP contribution is 2.39. The van der Waals surface area contributed by atoms with E-state index in [1.54, 1.807) is 12.3 Å². The molecule has 2 N–H and O–H groups in total. The molecular formula is C27H29FN4O3. The Hall–Kier alpha value is -3.36. The van der Waals surface area contributed by atoms with Crippen molar-refractivity contribution in [3.05, 3.63) is 71.3 Å². The number of rotatable bonds is 4. The molecule has 0 bridgehead atoms. The van der Waals surface area contributed by atoms with Crippen molar-refractivity contribution in [3.8, 4) is 11.1 Å². The summed E-state index contributed by atoms with van der Waals surface area (Å²) in [7, 11) is 0. The Labute approximate surface area is 204 Å². The third-order valence-corrected chi connectivity index (χ3v) is 6.68. The lowest BCUT2D eigenvalue weighted by Gasteiger charge is -2.43. The summed E-state index contributed by atoms with van der Waals surface area (Å²) in [6, 6.07) is 10.9. The van der Waals surface area contributed by atoms with Crippen molar-refractivity contribution in [3.63, 3.8) is 0 Å². The molecule has 2 aromatic heterocycles. The van der Waals surface area contributed by atoms with Crippen LogP contribution in [-0.2, 0) is 10.4 Å². The molecule has 1 aromatic carbocycles. The minimum Gasteiger partial charge on any atom is -0.387 e. The van der Waals surface area contributed by atoms with Crippen molar-refractivity contribution in [2.75, 3.05) is 30.0 Å². The standard InChI is InChI=1S/C27H29FN4O3/c1-16-4-5-19(31-26(34)17-6-7-29-24(11-17)27(2,3)28)12-21(16)18-10-22-25(30-14-18)23(33)13-20-15-35-9-8-32(20)22/h4-7,10-12,14,20,23,33H,8-9,13,15H2,1-3H3,(H,31,34)/t20-,23+/m1/s1. The minimum atomic E-state index is -1.64. The van der Waals surface area contributed by atoms with E-state index in [2.05, 4.69) is 26.3 Å². The second kappa shape index (κ2) is 9.02. The van der Waals surface area contributed by atoms with E-state index in [9.17, 15) is 14.3 Å². The Morgan fingerprint density at radius 1 is 1.23 bits per heavy atom. The molecule has 2 aliphatic rings. The van der Waals surface area contributed by atoms with E-state index in [0.717, 1.165) is 28.9 Å². The van der Waals surface area contributed by atoms with Crippen LogP contribution in [0.3, 0.4) is 0 Å². The van der Waals surface area contributed by atoms with Crippen LogP contribution in [0.2, 0.25) is 0 Å². The first-order valence-corrected chi connectivity index (χ1v) is 11.8. The highest BCUT2D eigenvalue weighted by molar-refractivity contribution is 6.04. The lowest BCUT2D eigenvalue weighted by molar-refractivity contribution is 0.0597. The van der Waals surface area contributed by atoms with E-state index in [-0.39, 0.29) is 17.6 Å². The molecule has 0 aliphatic carbocycles. The zero-order chi connectivity index (χ0) is 24.7. The van der Waals surface area contributed by atoms with E-state index < -0.39 is 11.8 Å². The molecule has 0 saturated carbocycles. The minimum absolute atomic E-state index is 0.134. The summed E-state index contributed by atoms with van der Waals surface area (Å²) in [6.45, 7) is 6.83. The largest absolute Gasteiger partial charge is 0.387 e. The number of aliphatic hydroxyl groups is 1. The lowest BCUT2D eigenvalue weighted by Crippen LogP contribution is -2.49. The van der Waals surface area contributed by atoms with Crippen LogP contribution in [0.4, 0.5) is 15.8 Å². The average molecular weight is 477 g/mol. The summed E-state index contributed by atoms with van der Waals surface area (Å²) in [4.78, 5) is 23.8. The SMILES string of the molecule is Cc1ccc(NC(=O)c2ccnc(C(C)(C)F)c2)cc1-c1cnc2c(c1)N1CCOC[C@H]1C[C@@H]2O. The van der Waals surface area contributed by atoms with Crippen LogP contribution in [0.15, 0.2) is 48.8 Å². The molecule has 7 nitrogen and oxygen atoms in total. The Balaban J connectivity index is 1.44. The molecule has 0 spiro atoms. The average Bonchev–Trinajstić information content (AvgIpc) is 2.84. The van der Waals surface area contributed by atoms with E-state index >= 15 is 0 Å². The number of aryl methyl sites for hydroxylation is 1. The second-order valence-corrected chi connectivity index (χ2v) is 9.69. The van der Waals surface area contributed by atoms with Gasteiger partial charge in [-0.2, -0.15) is 0 Å². The van der Waals surface area contributed by atoms with Gasteiger partial charge in [0.2, 0.25) is 0 Å². The number of halogens is 1. The first-order chi connectivity index (χ1) is 16.7. The highest BCUT2D eigenvalue weighted by Gasteiger charge is 2.35. The third-order valence-electron chi connectivity index (χ3n) is 6.68. The van der Waals surface area contributed by atoms with Crippen molar-refractivity contribution in [1.29, 1.82) is 0 Å². The van der Waals surface area contributed by atoms with Crippen LogP contribution in [0.25, 0.3) is 11.1 Å². The van der Waals surface area contributed by atoms with Gasteiger partial charge in [0, 0.05) is 42.2 Å². The molecule has 2 aliphatic heterocycles. The van der Waals surface area contributed by atoms with E-state index in [4.69, 9.17) is 4.74 Å². The number of morpholine rings is 1. The van der Waals surface area contributed by atoms with Crippen molar-refractivity contribution < 1.29 is 19.0 Å². The number of alkyl halides is 1. The molecule has 0 radical (unpaired) electrons. The number of nitrogens with zero attached hydrogens (tertiary/aromatic N) is 3. The fraction of sp³-hybridized carbons (Fsp3) is 0.370. The van der Waals surface area contributed by atoms with E-state index in [0.29, 0.717) is 36.6 Å². The topological polar surface area (TPSA) is 87.6 Å². The molecule has 3 aromatic rings. The predicted octanol–water partition coefficient (Wildman–Crippen LogP) is 4.55. The van der Waals surface area contributed by atoms with Crippen molar-refractivity contribution in [2.45, 2.75) is 45.0 Å². The summed E-state index contributed by atoms with van der Waals surface area (Å²) in [5.74, 6) is -0.337. The van der Waals surface area contributed by atoms with Gasteiger partial charge in [0.05, 0.1) is 36.3 Å². The number of anilines is 2. The maximum absolute atomic E-state index is 14.3. The Kier molecular flexibility index (Phi) is 6.02. The summed E-state index contributed by atoms with van der Waals surface area (Å²) in [6.07, 6.45) is 3.21. The van der Waals surface area contributed by atoms with Crippen molar-refractivity contribution in [1.82, 2.24) is 9.97 Å². The molecule has 5 rings (SSSR count). The lowest BCUT2D eigenvalue weighted by atomic mass is 9.94. The van der Waals surface area contributed by atoms with Crippen molar-refractivity contribution >= 4 is 17.3 Å². The van der Waals surface area contributed by atoms with E-state index in [1.807, 2.05) is 25.1 Å². The smallest absolute Gasteiger partial charge is 0.255 e. The zero-order valence-electron chi connectivity index (χ0n) is 20.1. The van der Waals surface area contributed by atoms with Crippen molar-refractivity contribution in [2.24, 2.45) is 0 Å². The van der Waals surface area contributed by atoms with Crippen LogP contribution in [0.5, 0.6) is 0 Å². The summed E-state index contributed by atoms with van der Waals surface area (Å²) >= 11 is 0. The van der Waals surface area contributed by atoms with Gasteiger partial charge < -0.3 is 20.1 Å². The maximum atomic E-state index is 14.3. The van der Waals surface area contributed by atoms with Gasteiger partial charge in [-0.05, 0) is 62.2 Å². The first-order valence-electron chi connectivity index (χ1n) is 11.8. The number of fused-ring (bicyclic) bond motifs is 3. The summed E-state index contributed by atoms with van der Waals surface area (Å²) in [5, 5.41) is 13.5. The van der Waals surface area contributed by atoms with Crippen LogP contribution in [0, 0.1) is 6.92 Å². The molecule has 2 atom stereocenters. The molecule has 4 heterocycles. The normalized spacial score (nSPS) is 19.6.